The number of rotatable bonds is 5. The van der Waals surface area contributed by atoms with Gasteiger partial charge in [-0.2, -0.15) is 5.10 Å². The Morgan fingerprint density at radius 3 is 2.72 bits per heavy atom. The summed E-state index contributed by atoms with van der Waals surface area (Å²) in [4.78, 5) is 10.5. The van der Waals surface area contributed by atoms with Gasteiger partial charge >= 0.3 is 0 Å². The molecule has 2 rings (SSSR count). The van der Waals surface area contributed by atoms with E-state index in [1.165, 1.54) is 6.07 Å². The van der Waals surface area contributed by atoms with Crippen LogP contribution in [0.3, 0.4) is 0 Å². The minimum absolute atomic E-state index is 0.147. The van der Waals surface area contributed by atoms with Gasteiger partial charge in [-0.1, -0.05) is 18.2 Å². The van der Waals surface area contributed by atoms with Crippen molar-refractivity contribution in [2.45, 2.75) is 20.0 Å². The number of H-pyrrole nitrogens is 1. The maximum absolute atomic E-state index is 10.8. The molecule has 1 heterocycles. The third-order valence-corrected chi connectivity index (χ3v) is 2.75. The summed E-state index contributed by atoms with van der Waals surface area (Å²) in [6.07, 6.45) is 1.75. The highest BCUT2D eigenvalue weighted by molar-refractivity contribution is 5.39. The van der Waals surface area contributed by atoms with E-state index in [4.69, 9.17) is 0 Å². The van der Waals surface area contributed by atoms with Gasteiger partial charge in [-0.05, 0) is 6.92 Å². The Morgan fingerprint density at radius 2 is 2.06 bits per heavy atom. The van der Waals surface area contributed by atoms with Crippen molar-refractivity contribution in [1.82, 2.24) is 15.5 Å². The van der Waals surface area contributed by atoms with E-state index >= 15 is 0 Å². The van der Waals surface area contributed by atoms with E-state index in [-0.39, 0.29) is 10.6 Å². The molecule has 0 saturated heterocycles. The highest BCUT2D eigenvalue weighted by Gasteiger charge is 2.11. The molecule has 0 fully saturated rings. The Hall–Kier alpha value is -2.21. The number of benzene rings is 1. The van der Waals surface area contributed by atoms with Gasteiger partial charge in [0.25, 0.3) is 5.69 Å². The van der Waals surface area contributed by atoms with Crippen LogP contribution in [-0.2, 0) is 13.1 Å². The van der Waals surface area contributed by atoms with Gasteiger partial charge in [-0.3, -0.25) is 15.2 Å². The number of nitrogens with one attached hydrogen (secondary N) is 2. The number of nitro groups is 1. The fraction of sp³-hybridized carbons (Fsp3) is 0.250. The van der Waals surface area contributed by atoms with Gasteiger partial charge in [0.2, 0.25) is 0 Å². The van der Waals surface area contributed by atoms with Gasteiger partial charge in [0.1, 0.15) is 0 Å². The quantitative estimate of drug-likeness (QED) is 0.623. The average molecular weight is 246 g/mol. The lowest BCUT2D eigenvalue weighted by Gasteiger charge is -2.05. The van der Waals surface area contributed by atoms with E-state index < -0.39 is 0 Å². The second-order valence-electron chi connectivity index (χ2n) is 4.01. The Kier molecular flexibility index (Phi) is 3.69. The summed E-state index contributed by atoms with van der Waals surface area (Å²) in [5, 5.41) is 20.8. The van der Waals surface area contributed by atoms with E-state index in [1.807, 2.05) is 6.92 Å². The van der Waals surface area contributed by atoms with Crippen LogP contribution in [0, 0.1) is 17.0 Å². The second kappa shape index (κ2) is 5.42. The van der Waals surface area contributed by atoms with Crippen molar-refractivity contribution < 1.29 is 4.92 Å². The van der Waals surface area contributed by atoms with Gasteiger partial charge < -0.3 is 5.32 Å². The molecule has 0 aliphatic carbocycles. The summed E-state index contributed by atoms with van der Waals surface area (Å²) in [7, 11) is 0. The lowest BCUT2D eigenvalue weighted by Crippen LogP contribution is -2.14. The normalized spacial score (nSPS) is 10.5. The molecule has 18 heavy (non-hydrogen) atoms. The largest absolute Gasteiger partial charge is 0.308 e. The Balaban J connectivity index is 1.99. The fourth-order valence-electron chi connectivity index (χ4n) is 1.72. The molecule has 6 nitrogen and oxygen atoms in total. The summed E-state index contributed by atoms with van der Waals surface area (Å²) in [5.74, 6) is 0. The molecule has 0 bridgehead atoms. The van der Waals surface area contributed by atoms with Crippen molar-refractivity contribution in [3.05, 3.63) is 57.4 Å². The van der Waals surface area contributed by atoms with Gasteiger partial charge in [-0.25, -0.2) is 0 Å². The van der Waals surface area contributed by atoms with E-state index in [9.17, 15) is 10.1 Å². The number of aromatic amines is 1. The van der Waals surface area contributed by atoms with E-state index in [0.29, 0.717) is 18.7 Å². The van der Waals surface area contributed by atoms with Crippen LogP contribution in [0.15, 0.2) is 30.5 Å². The molecule has 0 radical (unpaired) electrons. The van der Waals surface area contributed by atoms with Crippen LogP contribution in [0.5, 0.6) is 0 Å². The van der Waals surface area contributed by atoms with Crippen LogP contribution < -0.4 is 5.32 Å². The molecule has 0 atom stereocenters. The summed E-state index contributed by atoms with van der Waals surface area (Å²) in [5.41, 5.74) is 2.90. The molecule has 94 valence electrons. The van der Waals surface area contributed by atoms with Crippen molar-refractivity contribution in [2.75, 3.05) is 0 Å². The lowest BCUT2D eigenvalue weighted by atomic mass is 10.1. The maximum Gasteiger partial charge on any atom is 0.273 e. The molecule has 0 aliphatic heterocycles. The summed E-state index contributed by atoms with van der Waals surface area (Å²) >= 11 is 0. The van der Waals surface area contributed by atoms with Crippen LogP contribution in [0.4, 0.5) is 5.69 Å². The van der Waals surface area contributed by atoms with Gasteiger partial charge in [-0.15, -0.1) is 0 Å². The minimum atomic E-state index is -0.361. The number of aryl methyl sites for hydroxylation is 1. The highest BCUT2D eigenvalue weighted by Crippen LogP contribution is 2.17. The summed E-state index contributed by atoms with van der Waals surface area (Å²) in [6, 6.07) is 6.74. The zero-order valence-corrected chi connectivity index (χ0v) is 10.0. The predicted octanol–water partition coefficient (Wildman–Crippen LogP) is 1.92. The molecule has 0 spiro atoms. The Labute approximate surface area is 104 Å². The first-order valence-corrected chi connectivity index (χ1v) is 5.60. The third kappa shape index (κ3) is 2.72. The summed E-state index contributed by atoms with van der Waals surface area (Å²) < 4.78 is 0. The van der Waals surface area contributed by atoms with Crippen molar-refractivity contribution in [3.63, 3.8) is 0 Å². The average Bonchev–Trinajstić information content (AvgIpc) is 2.76. The van der Waals surface area contributed by atoms with Crippen molar-refractivity contribution in [2.24, 2.45) is 0 Å². The molecule has 2 aromatic rings. The molecule has 0 aliphatic rings. The monoisotopic (exact) mass is 246 g/mol. The number of para-hydroxylation sites is 1. The number of hydrogen-bond acceptors (Lipinski definition) is 4. The smallest absolute Gasteiger partial charge is 0.273 e. The molecular weight excluding hydrogens is 232 g/mol. The minimum Gasteiger partial charge on any atom is -0.308 e. The van der Waals surface area contributed by atoms with Crippen LogP contribution in [0.25, 0.3) is 0 Å². The van der Waals surface area contributed by atoms with Crippen LogP contribution >= 0.6 is 0 Å². The zero-order chi connectivity index (χ0) is 13.0. The molecule has 1 aromatic carbocycles. The Morgan fingerprint density at radius 1 is 1.33 bits per heavy atom. The van der Waals surface area contributed by atoms with Crippen molar-refractivity contribution in [1.29, 1.82) is 0 Å². The highest BCUT2D eigenvalue weighted by atomic mass is 16.6. The number of aromatic nitrogens is 2. The maximum atomic E-state index is 10.8. The molecule has 1 aromatic heterocycles. The zero-order valence-electron chi connectivity index (χ0n) is 10.0. The molecule has 2 N–H and O–H groups in total. The topological polar surface area (TPSA) is 83.8 Å². The lowest BCUT2D eigenvalue weighted by molar-refractivity contribution is -0.385. The first kappa shape index (κ1) is 12.3. The fourth-order valence-corrected chi connectivity index (χ4v) is 1.72. The van der Waals surface area contributed by atoms with Crippen LogP contribution in [0.1, 0.15) is 16.8 Å². The Bertz CT molecular complexity index is 551. The molecule has 0 unspecified atom stereocenters. The number of hydrogen-bond donors (Lipinski definition) is 2. The molecule has 0 amide bonds. The number of nitro benzene ring substituents is 1. The van der Waals surface area contributed by atoms with Gasteiger partial charge in [0.15, 0.2) is 0 Å². The predicted molar refractivity (Wildman–Crippen MR) is 67.0 cm³/mol. The van der Waals surface area contributed by atoms with E-state index in [2.05, 4.69) is 15.5 Å². The number of nitrogens with zero attached hydrogens (tertiary/aromatic N) is 2. The van der Waals surface area contributed by atoms with E-state index in [0.717, 1.165) is 11.3 Å². The second-order valence-corrected chi connectivity index (χ2v) is 4.01. The summed E-state index contributed by atoms with van der Waals surface area (Å²) in [6.45, 7) is 3.03. The third-order valence-electron chi connectivity index (χ3n) is 2.75. The van der Waals surface area contributed by atoms with Crippen molar-refractivity contribution >= 4 is 5.69 Å². The molecular formula is C12H14N4O2. The molecule has 0 saturated carbocycles. The SMILES string of the molecule is Cc1[nH]ncc1CNCc1ccccc1[N+](=O)[O-]. The van der Waals surface area contributed by atoms with Crippen LogP contribution in [-0.4, -0.2) is 15.1 Å². The van der Waals surface area contributed by atoms with Gasteiger partial charge in [0.05, 0.1) is 11.1 Å². The molecule has 6 heteroatoms. The van der Waals surface area contributed by atoms with E-state index in [1.54, 1.807) is 24.4 Å². The first-order chi connectivity index (χ1) is 8.68. The van der Waals surface area contributed by atoms with Crippen LogP contribution in [0.2, 0.25) is 0 Å². The van der Waals surface area contributed by atoms with Gasteiger partial charge in [0, 0.05) is 36.0 Å². The first-order valence-electron chi connectivity index (χ1n) is 5.60. The van der Waals surface area contributed by atoms with Crippen molar-refractivity contribution in [3.8, 4) is 0 Å². The standard InChI is InChI=1S/C12H14N4O2/c1-9-11(8-14-15-9)7-13-6-10-4-2-3-5-12(10)16(17)18/h2-5,8,13H,6-7H2,1H3,(H,14,15).